The molecule has 1 N–H and O–H groups in total. The summed E-state index contributed by atoms with van der Waals surface area (Å²) < 4.78 is 0. The second kappa shape index (κ2) is 7.16. The van der Waals surface area contributed by atoms with Crippen molar-refractivity contribution in [1.82, 2.24) is 4.90 Å². The van der Waals surface area contributed by atoms with Crippen LogP contribution in [0.4, 0.5) is 0 Å². The van der Waals surface area contributed by atoms with Crippen molar-refractivity contribution in [2.24, 2.45) is 0 Å². The number of carbonyl (C=O) groups is 2. The zero-order chi connectivity index (χ0) is 14.4. The Balaban J connectivity index is 2.79. The fraction of sp³-hybridized carbons (Fsp3) is 0.231. The molecule has 0 heterocycles. The van der Waals surface area contributed by atoms with Crippen LogP contribution in [-0.4, -0.2) is 35.0 Å². The van der Waals surface area contributed by atoms with Crippen molar-refractivity contribution in [3.63, 3.8) is 0 Å². The molecule has 0 saturated heterocycles. The van der Waals surface area contributed by atoms with E-state index in [0.29, 0.717) is 22.2 Å². The van der Waals surface area contributed by atoms with E-state index in [1.165, 1.54) is 17.1 Å². The van der Waals surface area contributed by atoms with Gasteiger partial charge in [0, 0.05) is 22.7 Å². The van der Waals surface area contributed by atoms with Crippen molar-refractivity contribution in [2.75, 3.05) is 13.1 Å². The summed E-state index contributed by atoms with van der Waals surface area (Å²) >= 11 is 11.7. The molecule has 0 bridgehead atoms. The van der Waals surface area contributed by atoms with Gasteiger partial charge in [0.2, 0.25) is 5.91 Å². The van der Waals surface area contributed by atoms with E-state index in [4.69, 9.17) is 28.3 Å². The van der Waals surface area contributed by atoms with Gasteiger partial charge in [0.1, 0.15) is 6.54 Å². The number of aliphatic carboxylic acids is 1. The number of likely N-dealkylation sites (N-methyl/N-ethyl adjacent to an activating group) is 1. The average Bonchev–Trinajstić information content (AvgIpc) is 2.34. The maximum absolute atomic E-state index is 11.8. The number of carboxylic acids is 1. The van der Waals surface area contributed by atoms with Crippen LogP contribution in [-0.2, 0) is 9.59 Å². The molecule has 0 aliphatic carbocycles. The Morgan fingerprint density at radius 1 is 1.37 bits per heavy atom. The second-order valence-corrected chi connectivity index (χ2v) is 4.59. The van der Waals surface area contributed by atoms with Crippen molar-refractivity contribution < 1.29 is 14.7 Å². The van der Waals surface area contributed by atoms with Crippen molar-refractivity contribution in [3.05, 3.63) is 39.9 Å². The molecule has 4 nitrogen and oxygen atoms in total. The van der Waals surface area contributed by atoms with Crippen LogP contribution in [0.3, 0.4) is 0 Å². The van der Waals surface area contributed by atoms with Gasteiger partial charge < -0.3 is 10.0 Å². The molecule has 1 amide bonds. The molecule has 0 saturated carbocycles. The van der Waals surface area contributed by atoms with Crippen LogP contribution in [0.25, 0.3) is 6.08 Å². The Kier molecular flexibility index (Phi) is 5.86. The first-order valence-electron chi connectivity index (χ1n) is 5.58. The molecule has 102 valence electrons. The van der Waals surface area contributed by atoms with E-state index in [9.17, 15) is 9.59 Å². The predicted octanol–water partition coefficient (Wildman–Crippen LogP) is 2.94. The molecule has 1 rings (SSSR count). The Morgan fingerprint density at radius 2 is 2.05 bits per heavy atom. The standard InChI is InChI=1S/C13H13Cl2NO3/c1-2-16(8-13(18)19)12(17)6-4-9-3-5-10(14)7-11(9)15/h3-7H,2,8H2,1H3,(H,18,19)/b6-4+. The number of amides is 1. The number of hydrogen-bond donors (Lipinski definition) is 1. The summed E-state index contributed by atoms with van der Waals surface area (Å²) in [7, 11) is 0. The van der Waals surface area contributed by atoms with Gasteiger partial charge in [-0.15, -0.1) is 0 Å². The summed E-state index contributed by atoms with van der Waals surface area (Å²) in [5.41, 5.74) is 0.644. The van der Waals surface area contributed by atoms with Gasteiger partial charge in [0.05, 0.1) is 0 Å². The summed E-state index contributed by atoms with van der Waals surface area (Å²) in [6, 6.07) is 4.91. The lowest BCUT2D eigenvalue weighted by Crippen LogP contribution is -2.34. The summed E-state index contributed by atoms with van der Waals surface area (Å²) in [4.78, 5) is 23.6. The molecule has 0 atom stereocenters. The summed E-state index contributed by atoms with van der Waals surface area (Å²) in [6.45, 7) is 1.71. The van der Waals surface area contributed by atoms with Crippen LogP contribution < -0.4 is 0 Å². The lowest BCUT2D eigenvalue weighted by Gasteiger charge is -2.15. The minimum Gasteiger partial charge on any atom is -0.480 e. The normalized spacial score (nSPS) is 10.7. The summed E-state index contributed by atoms with van der Waals surface area (Å²) in [5.74, 6) is -1.43. The Hall–Kier alpha value is -1.52. The lowest BCUT2D eigenvalue weighted by molar-refractivity contribution is -0.142. The molecule has 0 fully saturated rings. The number of carbonyl (C=O) groups excluding carboxylic acids is 1. The second-order valence-electron chi connectivity index (χ2n) is 3.75. The lowest BCUT2D eigenvalue weighted by atomic mass is 10.2. The fourth-order valence-electron chi connectivity index (χ4n) is 1.41. The van der Waals surface area contributed by atoms with Crippen molar-refractivity contribution >= 4 is 41.2 Å². The van der Waals surface area contributed by atoms with Gasteiger partial charge in [-0.2, -0.15) is 0 Å². The van der Waals surface area contributed by atoms with Gasteiger partial charge in [0.25, 0.3) is 0 Å². The van der Waals surface area contributed by atoms with Crippen LogP contribution in [0.2, 0.25) is 10.0 Å². The predicted molar refractivity (Wildman–Crippen MR) is 75.4 cm³/mol. The highest BCUT2D eigenvalue weighted by molar-refractivity contribution is 6.35. The minimum atomic E-state index is -1.05. The molecule has 0 aliphatic rings. The first kappa shape index (κ1) is 15.5. The van der Waals surface area contributed by atoms with Gasteiger partial charge >= 0.3 is 5.97 Å². The van der Waals surface area contributed by atoms with E-state index in [1.807, 2.05) is 0 Å². The van der Waals surface area contributed by atoms with E-state index < -0.39 is 5.97 Å². The molecule has 0 radical (unpaired) electrons. The molecule has 19 heavy (non-hydrogen) atoms. The minimum absolute atomic E-state index is 0.323. The number of hydrogen-bond acceptors (Lipinski definition) is 2. The number of rotatable bonds is 5. The van der Waals surface area contributed by atoms with Crippen LogP contribution in [0.5, 0.6) is 0 Å². The van der Waals surface area contributed by atoms with Crippen LogP contribution in [0.1, 0.15) is 12.5 Å². The van der Waals surface area contributed by atoms with Gasteiger partial charge in [-0.05, 0) is 30.7 Å². The number of halogens is 2. The van der Waals surface area contributed by atoms with Gasteiger partial charge in [0.15, 0.2) is 0 Å². The molecular formula is C13H13Cl2NO3. The van der Waals surface area contributed by atoms with Gasteiger partial charge in [-0.3, -0.25) is 9.59 Å². The smallest absolute Gasteiger partial charge is 0.323 e. The van der Waals surface area contributed by atoms with Crippen molar-refractivity contribution in [3.8, 4) is 0 Å². The number of benzene rings is 1. The summed E-state index contributed by atoms with van der Waals surface area (Å²) in [5, 5.41) is 9.61. The molecular weight excluding hydrogens is 289 g/mol. The fourth-order valence-corrected chi connectivity index (χ4v) is 1.88. The van der Waals surface area contributed by atoms with E-state index in [-0.39, 0.29) is 12.5 Å². The third kappa shape index (κ3) is 4.93. The molecule has 0 unspecified atom stereocenters. The molecule has 0 spiro atoms. The molecule has 0 aromatic heterocycles. The van der Waals surface area contributed by atoms with E-state index in [1.54, 1.807) is 25.1 Å². The maximum atomic E-state index is 11.8. The third-order valence-electron chi connectivity index (χ3n) is 2.39. The van der Waals surface area contributed by atoms with E-state index in [0.717, 1.165) is 0 Å². The van der Waals surface area contributed by atoms with Gasteiger partial charge in [-0.1, -0.05) is 29.3 Å². The largest absolute Gasteiger partial charge is 0.480 e. The zero-order valence-corrected chi connectivity index (χ0v) is 11.8. The zero-order valence-electron chi connectivity index (χ0n) is 10.3. The van der Waals surface area contributed by atoms with Crippen LogP contribution >= 0.6 is 23.2 Å². The SMILES string of the molecule is CCN(CC(=O)O)C(=O)/C=C/c1ccc(Cl)cc1Cl. The quantitative estimate of drug-likeness (QED) is 0.851. The Bertz CT molecular complexity index is 515. The highest BCUT2D eigenvalue weighted by Crippen LogP contribution is 2.21. The Morgan fingerprint density at radius 3 is 2.58 bits per heavy atom. The van der Waals surface area contributed by atoms with Crippen LogP contribution in [0.15, 0.2) is 24.3 Å². The molecule has 1 aromatic rings. The molecule has 0 aliphatic heterocycles. The van der Waals surface area contributed by atoms with Crippen molar-refractivity contribution in [1.29, 1.82) is 0 Å². The number of carboxylic acid groups (broad SMARTS) is 1. The molecule has 6 heteroatoms. The monoisotopic (exact) mass is 301 g/mol. The van der Waals surface area contributed by atoms with E-state index in [2.05, 4.69) is 0 Å². The average molecular weight is 302 g/mol. The third-order valence-corrected chi connectivity index (χ3v) is 2.95. The first-order valence-corrected chi connectivity index (χ1v) is 6.33. The summed E-state index contributed by atoms with van der Waals surface area (Å²) in [6.07, 6.45) is 2.83. The highest BCUT2D eigenvalue weighted by Gasteiger charge is 2.11. The van der Waals surface area contributed by atoms with Crippen LogP contribution in [0, 0.1) is 0 Å². The maximum Gasteiger partial charge on any atom is 0.323 e. The Labute approximate surface area is 121 Å². The van der Waals surface area contributed by atoms with E-state index >= 15 is 0 Å². The number of nitrogens with zero attached hydrogens (tertiary/aromatic N) is 1. The van der Waals surface area contributed by atoms with Gasteiger partial charge in [-0.25, -0.2) is 0 Å². The topological polar surface area (TPSA) is 57.6 Å². The molecule has 1 aromatic carbocycles. The van der Waals surface area contributed by atoms with Crippen molar-refractivity contribution in [2.45, 2.75) is 6.92 Å². The first-order chi connectivity index (χ1) is 8.93. The highest BCUT2D eigenvalue weighted by atomic mass is 35.5.